The van der Waals surface area contributed by atoms with Gasteiger partial charge in [-0.1, -0.05) is 13.8 Å². The zero-order valence-electron chi connectivity index (χ0n) is 11.4. The first-order valence-corrected chi connectivity index (χ1v) is 8.73. The summed E-state index contributed by atoms with van der Waals surface area (Å²) in [5, 5.41) is 4.86. The molecule has 0 aromatic heterocycles. The van der Waals surface area contributed by atoms with Crippen LogP contribution < -0.4 is 5.14 Å². The topological polar surface area (TPSA) is 97.5 Å². The maximum atomic E-state index is 13.8. The van der Waals surface area contributed by atoms with E-state index >= 15 is 0 Å². The summed E-state index contributed by atoms with van der Waals surface area (Å²) in [5.41, 5.74) is 0. The Labute approximate surface area is 118 Å². The first kappa shape index (κ1) is 17.0. The van der Waals surface area contributed by atoms with Gasteiger partial charge in [-0.25, -0.2) is 30.7 Å². The molecule has 0 atom stereocenters. The molecule has 0 aliphatic heterocycles. The van der Waals surface area contributed by atoms with Gasteiger partial charge in [0.1, 0.15) is 10.7 Å². The van der Waals surface area contributed by atoms with Gasteiger partial charge in [0.05, 0.1) is 4.90 Å². The van der Waals surface area contributed by atoms with Gasteiger partial charge in [0.15, 0.2) is 0 Å². The van der Waals surface area contributed by atoms with E-state index in [9.17, 15) is 21.2 Å². The van der Waals surface area contributed by atoms with Crippen LogP contribution in [0.4, 0.5) is 4.39 Å². The highest BCUT2D eigenvalue weighted by molar-refractivity contribution is 7.89. The second-order valence-corrected chi connectivity index (χ2v) is 8.39. The van der Waals surface area contributed by atoms with Crippen LogP contribution in [0.3, 0.4) is 0 Å². The number of rotatable bonds is 5. The van der Waals surface area contributed by atoms with Gasteiger partial charge in [-0.05, 0) is 24.1 Å². The minimum Gasteiger partial charge on any atom is -0.225 e. The van der Waals surface area contributed by atoms with Crippen LogP contribution in [0.15, 0.2) is 28.0 Å². The first-order chi connectivity index (χ1) is 8.96. The van der Waals surface area contributed by atoms with Crippen molar-refractivity contribution in [1.82, 2.24) is 4.31 Å². The molecule has 0 saturated heterocycles. The summed E-state index contributed by atoms with van der Waals surface area (Å²) >= 11 is 0. The Bertz CT molecular complexity index is 699. The SMILES string of the molecule is CC(C)CN(C)S(=O)(=O)c1ccc(S(N)(=O)=O)cc1F. The molecule has 0 aliphatic carbocycles. The predicted octanol–water partition coefficient (Wildman–Crippen LogP) is 0.750. The quantitative estimate of drug-likeness (QED) is 0.864. The van der Waals surface area contributed by atoms with Crippen molar-refractivity contribution in [2.24, 2.45) is 11.1 Å². The van der Waals surface area contributed by atoms with Crippen LogP contribution in [0.25, 0.3) is 0 Å². The van der Waals surface area contributed by atoms with E-state index in [1.54, 1.807) is 0 Å². The summed E-state index contributed by atoms with van der Waals surface area (Å²) in [6, 6.07) is 2.47. The summed E-state index contributed by atoms with van der Waals surface area (Å²) in [7, 11) is -6.74. The van der Waals surface area contributed by atoms with Gasteiger partial charge in [-0.15, -0.1) is 0 Å². The average molecular weight is 324 g/mol. The van der Waals surface area contributed by atoms with Crippen molar-refractivity contribution in [2.45, 2.75) is 23.6 Å². The van der Waals surface area contributed by atoms with Crippen molar-refractivity contribution in [3.8, 4) is 0 Å². The fourth-order valence-corrected chi connectivity index (χ4v) is 3.55. The molecule has 0 unspecified atom stereocenters. The number of sulfonamides is 2. The summed E-state index contributed by atoms with van der Waals surface area (Å²) in [6.07, 6.45) is 0. The van der Waals surface area contributed by atoms with Gasteiger partial charge in [-0.3, -0.25) is 0 Å². The average Bonchev–Trinajstić information content (AvgIpc) is 2.26. The molecule has 1 aromatic carbocycles. The van der Waals surface area contributed by atoms with Gasteiger partial charge >= 0.3 is 0 Å². The van der Waals surface area contributed by atoms with Gasteiger partial charge in [0.25, 0.3) is 0 Å². The van der Waals surface area contributed by atoms with E-state index in [0.29, 0.717) is 6.07 Å². The van der Waals surface area contributed by atoms with Gasteiger partial charge < -0.3 is 0 Å². The largest absolute Gasteiger partial charge is 0.245 e. The molecule has 20 heavy (non-hydrogen) atoms. The monoisotopic (exact) mass is 324 g/mol. The van der Waals surface area contributed by atoms with Crippen molar-refractivity contribution >= 4 is 20.0 Å². The number of hydrogen-bond acceptors (Lipinski definition) is 4. The van der Waals surface area contributed by atoms with Crippen molar-refractivity contribution in [2.75, 3.05) is 13.6 Å². The summed E-state index contributed by atoms with van der Waals surface area (Å²) in [4.78, 5) is -1.05. The number of nitrogens with two attached hydrogens (primary N) is 1. The number of hydrogen-bond donors (Lipinski definition) is 1. The lowest BCUT2D eigenvalue weighted by atomic mass is 10.2. The Morgan fingerprint density at radius 1 is 1.25 bits per heavy atom. The van der Waals surface area contributed by atoms with E-state index in [1.165, 1.54) is 7.05 Å². The van der Waals surface area contributed by atoms with Gasteiger partial charge in [0.2, 0.25) is 20.0 Å². The molecule has 0 bridgehead atoms. The van der Waals surface area contributed by atoms with Gasteiger partial charge in [0, 0.05) is 13.6 Å². The van der Waals surface area contributed by atoms with E-state index < -0.39 is 35.7 Å². The molecular weight excluding hydrogens is 307 g/mol. The Kier molecular flexibility index (Phi) is 4.90. The standard InChI is InChI=1S/C11H17FN2O4S2/c1-8(2)7-14(3)20(17,18)11-5-4-9(6-10(11)12)19(13,15)16/h4-6,8H,7H2,1-3H3,(H2,13,15,16). The van der Waals surface area contributed by atoms with Crippen molar-refractivity contribution < 1.29 is 21.2 Å². The highest BCUT2D eigenvalue weighted by atomic mass is 32.2. The molecule has 0 fully saturated rings. The van der Waals surface area contributed by atoms with Crippen LogP contribution in [0.2, 0.25) is 0 Å². The molecule has 0 heterocycles. The Morgan fingerprint density at radius 2 is 1.80 bits per heavy atom. The van der Waals surface area contributed by atoms with Crippen LogP contribution >= 0.6 is 0 Å². The number of benzene rings is 1. The minimum atomic E-state index is -4.08. The normalized spacial score (nSPS) is 13.2. The second-order valence-electron chi connectivity index (χ2n) is 4.82. The molecular formula is C11H17FN2O4S2. The van der Waals surface area contributed by atoms with Crippen LogP contribution in [-0.2, 0) is 20.0 Å². The molecule has 0 radical (unpaired) electrons. The lowest BCUT2D eigenvalue weighted by Gasteiger charge is -2.19. The van der Waals surface area contributed by atoms with E-state index in [1.807, 2.05) is 13.8 Å². The molecule has 0 spiro atoms. The minimum absolute atomic E-state index is 0.0709. The molecule has 0 amide bonds. The second kappa shape index (κ2) is 5.76. The zero-order chi connectivity index (χ0) is 15.7. The van der Waals surface area contributed by atoms with Crippen LogP contribution in [0.5, 0.6) is 0 Å². The number of halogens is 1. The molecule has 0 aliphatic rings. The third-order valence-corrected chi connectivity index (χ3v) is 5.31. The smallest absolute Gasteiger partial charge is 0.225 e. The maximum absolute atomic E-state index is 13.8. The number of primary sulfonamides is 1. The Morgan fingerprint density at radius 3 is 2.20 bits per heavy atom. The molecule has 9 heteroatoms. The van der Waals surface area contributed by atoms with Gasteiger partial charge in [-0.2, -0.15) is 0 Å². The molecule has 1 rings (SSSR count). The van der Waals surface area contributed by atoms with Crippen molar-refractivity contribution in [3.05, 3.63) is 24.0 Å². The zero-order valence-corrected chi connectivity index (χ0v) is 13.0. The summed E-state index contributed by atoms with van der Waals surface area (Å²) in [5.74, 6) is -1.08. The van der Waals surface area contributed by atoms with E-state index in [4.69, 9.17) is 5.14 Å². The van der Waals surface area contributed by atoms with Crippen LogP contribution in [-0.4, -0.2) is 34.7 Å². The fraction of sp³-hybridized carbons (Fsp3) is 0.455. The van der Waals surface area contributed by atoms with E-state index in [2.05, 4.69) is 0 Å². The highest BCUT2D eigenvalue weighted by Crippen LogP contribution is 2.21. The highest BCUT2D eigenvalue weighted by Gasteiger charge is 2.26. The fourth-order valence-electron chi connectivity index (χ4n) is 1.65. The first-order valence-electron chi connectivity index (χ1n) is 5.75. The lowest BCUT2D eigenvalue weighted by molar-refractivity contribution is 0.414. The third-order valence-electron chi connectivity index (χ3n) is 2.54. The van der Waals surface area contributed by atoms with E-state index in [0.717, 1.165) is 16.4 Å². The predicted molar refractivity (Wildman–Crippen MR) is 72.4 cm³/mol. The maximum Gasteiger partial charge on any atom is 0.245 e. The molecule has 1 aromatic rings. The summed E-state index contributed by atoms with van der Waals surface area (Å²) < 4.78 is 61.3. The van der Waals surface area contributed by atoms with Crippen molar-refractivity contribution in [1.29, 1.82) is 0 Å². The molecule has 6 nitrogen and oxygen atoms in total. The van der Waals surface area contributed by atoms with E-state index in [-0.39, 0.29) is 12.5 Å². The molecule has 2 N–H and O–H groups in total. The van der Waals surface area contributed by atoms with Crippen molar-refractivity contribution in [3.63, 3.8) is 0 Å². The Hall–Kier alpha value is -1.03. The summed E-state index contributed by atoms with van der Waals surface area (Å²) in [6.45, 7) is 3.87. The van der Waals surface area contributed by atoms with Crippen LogP contribution in [0.1, 0.15) is 13.8 Å². The number of nitrogens with zero attached hydrogens (tertiary/aromatic N) is 1. The lowest BCUT2D eigenvalue weighted by Crippen LogP contribution is -2.31. The molecule has 114 valence electrons. The third kappa shape index (κ3) is 3.75. The Balaban J connectivity index is 3.28. The van der Waals surface area contributed by atoms with Crippen LogP contribution in [0, 0.1) is 11.7 Å². The molecule has 0 saturated carbocycles.